The molecule has 1 amide bonds. The van der Waals surface area contributed by atoms with Crippen molar-refractivity contribution in [3.63, 3.8) is 0 Å². The lowest BCUT2D eigenvalue weighted by atomic mass is 10.0. The van der Waals surface area contributed by atoms with E-state index in [0.717, 1.165) is 96.3 Å². The SMILES string of the molecule is CC/C=C/C=C/C=C/C=C\CCCCCC(CC(=O)NC(CO)C(O)CCCCCCCCCCCCCCC)OC(=O)CCCCCCC/C=C/C=C/C=C/CCCCCCC. The van der Waals surface area contributed by atoms with Crippen LogP contribution in [-0.4, -0.2) is 46.9 Å². The molecule has 0 saturated carbocycles. The van der Waals surface area contributed by atoms with Gasteiger partial charge >= 0.3 is 5.97 Å². The molecule has 0 aromatic carbocycles. The number of aliphatic hydroxyl groups excluding tert-OH is 2. The van der Waals surface area contributed by atoms with Crippen LogP contribution in [-0.2, 0) is 14.3 Å². The second kappa shape index (κ2) is 50.0. The number of carbonyl (C=O) groups excluding carboxylic acids is 2. The zero-order valence-corrected chi connectivity index (χ0v) is 41.2. The van der Waals surface area contributed by atoms with Crippen LogP contribution < -0.4 is 5.32 Å². The lowest BCUT2D eigenvalue weighted by Gasteiger charge is -2.24. The van der Waals surface area contributed by atoms with E-state index in [4.69, 9.17) is 4.74 Å². The molecule has 0 aliphatic heterocycles. The van der Waals surface area contributed by atoms with E-state index in [2.05, 4.69) is 86.8 Å². The Kier molecular flexibility index (Phi) is 47.7. The topological polar surface area (TPSA) is 95.9 Å². The van der Waals surface area contributed by atoms with Crippen molar-refractivity contribution in [2.24, 2.45) is 0 Å². The average molecular weight is 878 g/mol. The standard InChI is InChI=1S/C57H99NO5/c1-4-7-10-13-16-19-22-25-26-27-28-29-32-35-38-41-44-47-50-57(62)63-53(48-45-42-39-36-33-30-23-20-17-14-11-8-5-2)51-56(61)58-54(52-59)55(60)49-46-43-40-37-34-31-24-21-18-15-12-9-6-3/h8,11,14,17,20,22-23,25-30,33,53-55,59-60H,4-7,9-10,12-13,15-16,18-19,21,24,31-32,34-52H2,1-3H3,(H,58,61)/b11-8+,17-14+,23-20+,25-22+,27-26+,29-28+,33-30-. The molecule has 0 aliphatic carbocycles. The summed E-state index contributed by atoms with van der Waals surface area (Å²) in [6.45, 7) is 6.31. The summed E-state index contributed by atoms with van der Waals surface area (Å²) in [5.41, 5.74) is 0. The Labute approximate surface area is 389 Å². The molecule has 3 unspecified atom stereocenters. The zero-order valence-electron chi connectivity index (χ0n) is 41.2. The van der Waals surface area contributed by atoms with Gasteiger partial charge < -0.3 is 20.3 Å². The third-order valence-corrected chi connectivity index (χ3v) is 11.6. The predicted octanol–water partition coefficient (Wildman–Crippen LogP) is 16.0. The number of hydrogen-bond acceptors (Lipinski definition) is 5. The van der Waals surface area contributed by atoms with Crippen LogP contribution in [0.25, 0.3) is 0 Å². The van der Waals surface area contributed by atoms with Crippen molar-refractivity contribution >= 4 is 11.9 Å². The van der Waals surface area contributed by atoms with Crippen LogP contribution in [0.3, 0.4) is 0 Å². The quantitative estimate of drug-likeness (QED) is 0.0322. The Hall–Kier alpha value is -2.96. The van der Waals surface area contributed by atoms with Gasteiger partial charge in [0.2, 0.25) is 5.91 Å². The van der Waals surface area contributed by atoms with Crippen molar-refractivity contribution in [3.05, 3.63) is 85.1 Å². The molecule has 6 heteroatoms. The zero-order chi connectivity index (χ0) is 45.9. The molecule has 0 spiro atoms. The van der Waals surface area contributed by atoms with Crippen LogP contribution in [0.5, 0.6) is 0 Å². The Morgan fingerprint density at radius 3 is 1.32 bits per heavy atom. The molecule has 0 aromatic rings. The second-order valence-corrected chi connectivity index (χ2v) is 17.7. The minimum atomic E-state index is -0.806. The van der Waals surface area contributed by atoms with Crippen molar-refractivity contribution < 1.29 is 24.5 Å². The van der Waals surface area contributed by atoms with Gasteiger partial charge in [-0.15, -0.1) is 0 Å². The van der Waals surface area contributed by atoms with Crippen LogP contribution in [0, 0.1) is 0 Å². The fourth-order valence-electron chi connectivity index (χ4n) is 7.62. The third kappa shape index (κ3) is 45.4. The van der Waals surface area contributed by atoms with Crippen LogP contribution >= 0.6 is 0 Å². The van der Waals surface area contributed by atoms with Gasteiger partial charge in [0, 0.05) is 6.42 Å². The Balaban J connectivity index is 4.66. The number of carbonyl (C=O) groups is 2. The van der Waals surface area contributed by atoms with Gasteiger partial charge in [-0.3, -0.25) is 9.59 Å². The maximum atomic E-state index is 13.2. The number of esters is 1. The first-order chi connectivity index (χ1) is 31.0. The minimum Gasteiger partial charge on any atom is -0.462 e. The molecule has 0 aromatic heterocycles. The second-order valence-electron chi connectivity index (χ2n) is 17.7. The molecule has 362 valence electrons. The fraction of sp³-hybridized carbons (Fsp3) is 0.719. The Bertz CT molecular complexity index is 1210. The van der Waals surface area contributed by atoms with Crippen LogP contribution in [0.2, 0.25) is 0 Å². The molecule has 0 radical (unpaired) electrons. The van der Waals surface area contributed by atoms with Gasteiger partial charge in [-0.05, 0) is 70.6 Å². The highest BCUT2D eigenvalue weighted by Crippen LogP contribution is 2.17. The predicted molar refractivity (Wildman–Crippen MR) is 273 cm³/mol. The third-order valence-electron chi connectivity index (χ3n) is 11.6. The summed E-state index contributed by atoms with van der Waals surface area (Å²) >= 11 is 0. The highest BCUT2D eigenvalue weighted by atomic mass is 16.5. The van der Waals surface area contributed by atoms with E-state index < -0.39 is 18.2 Å². The summed E-state index contributed by atoms with van der Waals surface area (Å²) in [7, 11) is 0. The molecule has 3 atom stereocenters. The lowest BCUT2D eigenvalue weighted by Crippen LogP contribution is -2.46. The van der Waals surface area contributed by atoms with Crippen LogP contribution in [0.15, 0.2) is 85.1 Å². The molecule has 0 saturated heterocycles. The number of unbranched alkanes of at least 4 members (excludes halogenated alkanes) is 25. The molecule has 63 heavy (non-hydrogen) atoms. The van der Waals surface area contributed by atoms with E-state index >= 15 is 0 Å². The molecule has 0 bridgehead atoms. The van der Waals surface area contributed by atoms with Gasteiger partial charge in [0.1, 0.15) is 6.10 Å². The number of nitrogens with one attached hydrogen (secondary N) is 1. The molecular weight excluding hydrogens is 779 g/mol. The Morgan fingerprint density at radius 2 is 0.857 bits per heavy atom. The van der Waals surface area contributed by atoms with Gasteiger partial charge in [-0.2, -0.15) is 0 Å². The van der Waals surface area contributed by atoms with E-state index in [1.807, 2.05) is 24.3 Å². The summed E-state index contributed by atoms with van der Waals surface area (Å²) in [6, 6.07) is -0.723. The van der Waals surface area contributed by atoms with Crippen molar-refractivity contribution in [1.29, 1.82) is 0 Å². The molecule has 0 aliphatic rings. The first-order valence-electron chi connectivity index (χ1n) is 26.4. The summed E-state index contributed by atoms with van der Waals surface area (Å²) in [5.74, 6) is -0.539. The molecule has 0 fully saturated rings. The van der Waals surface area contributed by atoms with Crippen molar-refractivity contribution in [2.45, 2.75) is 257 Å². The van der Waals surface area contributed by atoms with E-state index in [0.29, 0.717) is 19.3 Å². The molecule has 6 nitrogen and oxygen atoms in total. The number of aliphatic hydroxyl groups is 2. The van der Waals surface area contributed by atoms with Gasteiger partial charge in [-0.25, -0.2) is 0 Å². The van der Waals surface area contributed by atoms with Gasteiger partial charge in [0.25, 0.3) is 0 Å². The normalized spacial score (nSPS) is 13.9. The molecule has 3 N–H and O–H groups in total. The monoisotopic (exact) mass is 878 g/mol. The summed E-state index contributed by atoms with van der Waals surface area (Å²) < 4.78 is 5.91. The van der Waals surface area contributed by atoms with Crippen LogP contribution in [0.1, 0.15) is 239 Å². The number of hydrogen-bond donors (Lipinski definition) is 3. The summed E-state index contributed by atoms with van der Waals surface area (Å²) in [5, 5.41) is 23.8. The van der Waals surface area contributed by atoms with E-state index in [1.54, 1.807) is 0 Å². The highest BCUT2D eigenvalue weighted by Gasteiger charge is 2.24. The van der Waals surface area contributed by atoms with Crippen molar-refractivity contribution in [1.82, 2.24) is 5.32 Å². The molecule has 0 rings (SSSR count). The highest BCUT2D eigenvalue weighted by molar-refractivity contribution is 5.77. The lowest BCUT2D eigenvalue weighted by molar-refractivity contribution is -0.151. The number of amides is 1. The minimum absolute atomic E-state index is 0.0392. The largest absolute Gasteiger partial charge is 0.462 e. The van der Waals surface area contributed by atoms with E-state index in [-0.39, 0.29) is 24.9 Å². The van der Waals surface area contributed by atoms with E-state index in [9.17, 15) is 19.8 Å². The average Bonchev–Trinajstić information content (AvgIpc) is 3.28. The van der Waals surface area contributed by atoms with E-state index in [1.165, 1.54) is 96.3 Å². The van der Waals surface area contributed by atoms with Crippen LogP contribution in [0.4, 0.5) is 0 Å². The van der Waals surface area contributed by atoms with Gasteiger partial charge in [0.15, 0.2) is 0 Å². The number of allylic oxidation sites excluding steroid dienone is 14. The van der Waals surface area contributed by atoms with Gasteiger partial charge in [0.05, 0.1) is 25.2 Å². The maximum Gasteiger partial charge on any atom is 0.306 e. The molecule has 0 heterocycles. The van der Waals surface area contributed by atoms with Crippen molar-refractivity contribution in [2.75, 3.05) is 6.61 Å². The number of rotatable bonds is 46. The first-order valence-corrected chi connectivity index (χ1v) is 26.4. The number of ether oxygens (including phenoxy) is 1. The van der Waals surface area contributed by atoms with Gasteiger partial charge in [-0.1, -0.05) is 241 Å². The fourth-order valence-corrected chi connectivity index (χ4v) is 7.62. The van der Waals surface area contributed by atoms with Crippen molar-refractivity contribution in [3.8, 4) is 0 Å². The summed E-state index contributed by atoms with van der Waals surface area (Å²) in [4.78, 5) is 26.2. The first kappa shape index (κ1) is 60.0. The molecular formula is C57H99NO5. The maximum absolute atomic E-state index is 13.2. The smallest absolute Gasteiger partial charge is 0.306 e. The summed E-state index contributed by atoms with van der Waals surface area (Å²) in [6.07, 6.45) is 65.0. The Morgan fingerprint density at radius 1 is 0.476 bits per heavy atom.